The van der Waals surface area contributed by atoms with Crippen molar-refractivity contribution in [2.75, 3.05) is 12.4 Å². The van der Waals surface area contributed by atoms with Crippen molar-refractivity contribution in [1.82, 2.24) is 0 Å². The molecule has 3 heteroatoms. The first kappa shape index (κ1) is 11.6. The summed E-state index contributed by atoms with van der Waals surface area (Å²) in [6.45, 7) is 8.67. The molecular weight excluding hydrogens is 226 g/mol. The Labute approximate surface area is 108 Å². The van der Waals surface area contributed by atoms with E-state index in [-0.39, 0.29) is 16.7 Å². The second-order valence-electron chi connectivity index (χ2n) is 6.37. The Bertz CT molecular complexity index is 544. The third-order valence-electron chi connectivity index (χ3n) is 5.59. The van der Waals surface area contributed by atoms with E-state index in [2.05, 4.69) is 33.0 Å². The fourth-order valence-corrected chi connectivity index (χ4v) is 3.96. The number of hydrogen-bond donors (Lipinski definition) is 1. The molecule has 1 amide bonds. The second-order valence-corrected chi connectivity index (χ2v) is 6.37. The van der Waals surface area contributed by atoms with Crippen LogP contribution in [0.25, 0.3) is 0 Å². The Kier molecular flexibility index (Phi) is 1.86. The van der Waals surface area contributed by atoms with Gasteiger partial charge in [0.1, 0.15) is 5.75 Å². The average Bonchev–Trinajstić information content (AvgIpc) is 2.56. The molecule has 1 heterocycles. The predicted octanol–water partition coefficient (Wildman–Crippen LogP) is 2.95. The average molecular weight is 245 g/mol. The van der Waals surface area contributed by atoms with Gasteiger partial charge in [0.25, 0.3) is 0 Å². The highest BCUT2D eigenvalue weighted by molar-refractivity contribution is 6.11. The van der Waals surface area contributed by atoms with Crippen molar-refractivity contribution in [2.45, 2.75) is 33.1 Å². The van der Waals surface area contributed by atoms with Gasteiger partial charge in [0.05, 0.1) is 12.5 Å². The summed E-state index contributed by atoms with van der Waals surface area (Å²) in [5.74, 6) is 0.934. The molecule has 1 N–H and O–H groups in total. The zero-order valence-electron chi connectivity index (χ0n) is 11.5. The summed E-state index contributed by atoms with van der Waals surface area (Å²) >= 11 is 0. The second kappa shape index (κ2) is 2.90. The highest BCUT2D eigenvalue weighted by Gasteiger charge is 2.83. The molecule has 0 bridgehead atoms. The lowest BCUT2D eigenvalue weighted by atomic mass is 9.87. The maximum atomic E-state index is 12.5. The van der Waals surface area contributed by atoms with Gasteiger partial charge >= 0.3 is 0 Å². The molecule has 18 heavy (non-hydrogen) atoms. The molecular formula is C15H19NO2. The van der Waals surface area contributed by atoms with Gasteiger partial charge in [0, 0.05) is 5.69 Å². The fourth-order valence-electron chi connectivity index (χ4n) is 3.96. The maximum absolute atomic E-state index is 12.5. The van der Waals surface area contributed by atoms with Gasteiger partial charge in [-0.15, -0.1) is 0 Å². The van der Waals surface area contributed by atoms with Crippen LogP contribution in [-0.2, 0) is 10.2 Å². The number of hydrogen-bond acceptors (Lipinski definition) is 2. The molecule has 1 saturated carbocycles. The van der Waals surface area contributed by atoms with Gasteiger partial charge in [-0.25, -0.2) is 0 Å². The van der Waals surface area contributed by atoms with E-state index < -0.39 is 5.41 Å². The first-order valence-corrected chi connectivity index (χ1v) is 6.30. The molecule has 3 rings (SSSR count). The van der Waals surface area contributed by atoms with Crippen LogP contribution >= 0.6 is 0 Å². The van der Waals surface area contributed by atoms with E-state index in [0.717, 1.165) is 17.0 Å². The van der Waals surface area contributed by atoms with E-state index in [1.54, 1.807) is 7.11 Å². The van der Waals surface area contributed by atoms with Crippen LogP contribution in [0.3, 0.4) is 0 Å². The van der Waals surface area contributed by atoms with Crippen molar-refractivity contribution in [3.8, 4) is 5.75 Å². The monoisotopic (exact) mass is 245 g/mol. The van der Waals surface area contributed by atoms with Crippen molar-refractivity contribution in [3.63, 3.8) is 0 Å². The normalized spacial score (nSPS) is 24.6. The number of amides is 1. The van der Waals surface area contributed by atoms with Crippen molar-refractivity contribution in [2.24, 2.45) is 10.8 Å². The van der Waals surface area contributed by atoms with Crippen molar-refractivity contribution in [1.29, 1.82) is 0 Å². The number of rotatable bonds is 1. The van der Waals surface area contributed by atoms with E-state index in [9.17, 15) is 4.79 Å². The summed E-state index contributed by atoms with van der Waals surface area (Å²) in [6, 6.07) is 5.83. The molecule has 1 aromatic carbocycles. The number of fused-ring (bicyclic) bond motifs is 2. The Morgan fingerprint density at radius 3 is 2.22 bits per heavy atom. The van der Waals surface area contributed by atoms with Gasteiger partial charge in [-0.1, -0.05) is 27.7 Å². The lowest BCUT2D eigenvalue weighted by molar-refractivity contribution is -0.119. The van der Waals surface area contributed by atoms with Crippen LogP contribution < -0.4 is 10.1 Å². The number of carbonyl (C=O) groups excluding carboxylic acids is 1. The maximum Gasteiger partial charge on any atom is 0.236 e. The number of benzene rings is 1. The Morgan fingerprint density at radius 2 is 1.72 bits per heavy atom. The summed E-state index contributed by atoms with van der Waals surface area (Å²) in [6.07, 6.45) is 0. The summed E-state index contributed by atoms with van der Waals surface area (Å²) in [5, 5.41) is 3.02. The van der Waals surface area contributed by atoms with Gasteiger partial charge < -0.3 is 10.1 Å². The Morgan fingerprint density at radius 1 is 1.11 bits per heavy atom. The van der Waals surface area contributed by atoms with Gasteiger partial charge in [-0.3, -0.25) is 4.79 Å². The van der Waals surface area contributed by atoms with E-state index in [0.29, 0.717) is 0 Å². The third kappa shape index (κ3) is 0.888. The van der Waals surface area contributed by atoms with Crippen LogP contribution in [0.15, 0.2) is 18.2 Å². The minimum absolute atomic E-state index is 0.0400. The summed E-state index contributed by atoms with van der Waals surface area (Å²) in [4.78, 5) is 12.5. The number of anilines is 1. The van der Waals surface area contributed by atoms with E-state index in [1.165, 1.54) is 0 Å². The number of nitrogens with one attached hydrogen (secondary N) is 1. The third-order valence-corrected chi connectivity index (χ3v) is 5.59. The minimum atomic E-state index is -0.413. The van der Waals surface area contributed by atoms with Gasteiger partial charge in [-0.2, -0.15) is 0 Å². The molecule has 3 nitrogen and oxygen atoms in total. The molecule has 1 aliphatic heterocycles. The molecule has 0 radical (unpaired) electrons. The van der Waals surface area contributed by atoms with Crippen LogP contribution in [0.2, 0.25) is 0 Å². The number of ether oxygens (including phenoxy) is 1. The van der Waals surface area contributed by atoms with Gasteiger partial charge in [0.2, 0.25) is 5.91 Å². The molecule has 0 saturated heterocycles. The molecule has 2 aliphatic rings. The van der Waals surface area contributed by atoms with Crippen LogP contribution in [0.1, 0.15) is 33.3 Å². The van der Waals surface area contributed by atoms with Crippen LogP contribution in [-0.4, -0.2) is 13.0 Å². The van der Waals surface area contributed by atoms with Crippen LogP contribution in [0.5, 0.6) is 5.75 Å². The van der Waals surface area contributed by atoms with Crippen LogP contribution in [0, 0.1) is 10.8 Å². The number of carbonyl (C=O) groups is 1. The molecule has 0 unspecified atom stereocenters. The molecule has 0 aromatic heterocycles. The number of methoxy groups -OCH3 is 1. The first-order valence-electron chi connectivity index (χ1n) is 6.30. The van der Waals surface area contributed by atoms with Crippen molar-refractivity contribution < 1.29 is 9.53 Å². The highest BCUT2D eigenvalue weighted by Crippen LogP contribution is 2.80. The predicted molar refractivity (Wildman–Crippen MR) is 70.9 cm³/mol. The minimum Gasteiger partial charge on any atom is -0.497 e. The molecule has 0 atom stereocenters. The smallest absolute Gasteiger partial charge is 0.236 e. The van der Waals surface area contributed by atoms with Crippen LogP contribution in [0.4, 0.5) is 5.69 Å². The molecule has 1 aliphatic carbocycles. The highest BCUT2D eigenvalue weighted by atomic mass is 16.5. The summed E-state index contributed by atoms with van der Waals surface area (Å²) in [5.41, 5.74) is 1.52. The molecule has 1 aromatic rings. The first-order chi connectivity index (χ1) is 8.30. The molecule has 96 valence electrons. The topological polar surface area (TPSA) is 38.3 Å². The van der Waals surface area contributed by atoms with Crippen molar-refractivity contribution in [3.05, 3.63) is 23.8 Å². The summed E-state index contributed by atoms with van der Waals surface area (Å²) in [7, 11) is 1.65. The van der Waals surface area contributed by atoms with E-state index in [1.807, 2.05) is 18.2 Å². The Balaban J connectivity index is 2.25. The van der Waals surface area contributed by atoms with E-state index >= 15 is 0 Å². The SMILES string of the molecule is COc1ccc2c(c1)C1(C(=O)N2)C(C)(C)C1(C)C. The lowest BCUT2D eigenvalue weighted by Crippen LogP contribution is -2.26. The van der Waals surface area contributed by atoms with Crippen molar-refractivity contribution >= 4 is 11.6 Å². The largest absolute Gasteiger partial charge is 0.497 e. The Hall–Kier alpha value is -1.51. The summed E-state index contributed by atoms with van der Waals surface area (Å²) < 4.78 is 5.29. The molecule has 1 fully saturated rings. The lowest BCUT2D eigenvalue weighted by Gasteiger charge is -2.13. The van der Waals surface area contributed by atoms with Gasteiger partial charge in [0.15, 0.2) is 0 Å². The van der Waals surface area contributed by atoms with E-state index in [4.69, 9.17) is 4.74 Å². The zero-order valence-corrected chi connectivity index (χ0v) is 11.5. The standard InChI is InChI=1S/C15H19NO2/c1-13(2)14(3,4)15(13)10-8-9(18-5)6-7-11(10)16-12(15)17/h6-8H,1-5H3,(H,16,17). The molecule has 1 spiro atoms. The quantitative estimate of drug-likeness (QED) is 0.826. The zero-order chi connectivity index (χ0) is 13.3. The fraction of sp³-hybridized carbons (Fsp3) is 0.533. The van der Waals surface area contributed by atoms with Gasteiger partial charge in [-0.05, 0) is 34.6 Å².